The fraction of sp³-hybridized carbons (Fsp3) is 0.188. The van der Waals surface area contributed by atoms with Crippen molar-refractivity contribution < 1.29 is 4.74 Å². The van der Waals surface area contributed by atoms with Crippen LogP contribution in [0.1, 0.15) is 5.82 Å². The monoisotopic (exact) mass is 364 g/mol. The van der Waals surface area contributed by atoms with Gasteiger partial charge in [0.1, 0.15) is 11.6 Å². The second-order valence-corrected chi connectivity index (χ2v) is 5.93. The van der Waals surface area contributed by atoms with Crippen LogP contribution >= 0.6 is 27.5 Å². The van der Waals surface area contributed by atoms with Crippen LogP contribution in [-0.4, -0.2) is 22.5 Å². The number of aryl methyl sites for hydroxylation is 1. The van der Waals surface area contributed by atoms with Gasteiger partial charge in [0.15, 0.2) is 0 Å². The van der Waals surface area contributed by atoms with E-state index >= 15 is 0 Å². The van der Waals surface area contributed by atoms with E-state index in [0.29, 0.717) is 12.3 Å². The normalized spacial score (nSPS) is 11.0. The average Bonchev–Trinajstić information content (AvgIpc) is 2.85. The van der Waals surface area contributed by atoms with Gasteiger partial charge in [-0.2, -0.15) is 0 Å². The molecule has 1 heterocycles. The zero-order valence-electron chi connectivity index (χ0n) is 11.5. The molecule has 0 aliphatic heterocycles. The molecule has 0 fully saturated rings. The smallest absolute Gasteiger partial charge is 0.121 e. The third kappa shape index (κ3) is 2.78. The highest BCUT2D eigenvalue weighted by Crippen LogP contribution is 2.26. The van der Waals surface area contributed by atoms with Crippen molar-refractivity contribution in [2.75, 3.05) is 13.0 Å². The van der Waals surface area contributed by atoms with Gasteiger partial charge in [0.2, 0.25) is 0 Å². The fourth-order valence-electron chi connectivity index (χ4n) is 2.36. The SMILES string of the molecule is COc1ccc2nc(CCCl)n(-c3ccc(Br)cc3)c2c1. The number of hydrogen-bond donors (Lipinski definition) is 0. The summed E-state index contributed by atoms with van der Waals surface area (Å²) in [5, 5.41) is 0. The molecule has 0 saturated carbocycles. The van der Waals surface area contributed by atoms with Gasteiger partial charge in [-0.25, -0.2) is 4.98 Å². The summed E-state index contributed by atoms with van der Waals surface area (Å²) in [6, 6.07) is 14.1. The molecular formula is C16H14BrClN2O. The predicted octanol–water partition coefficient (Wildman–Crippen LogP) is 4.58. The van der Waals surface area contributed by atoms with Crippen LogP contribution in [-0.2, 0) is 6.42 Å². The molecule has 5 heteroatoms. The lowest BCUT2D eigenvalue weighted by molar-refractivity contribution is 0.415. The van der Waals surface area contributed by atoms with E-state index in [1.807, 2.05) is 30.3 Å². The molecule has 21 heavy (non-hydrogen) atoms. The number of rotatable bonds is 4. The summed E-state index contributed by atoms with van der Waals surface area (Å²) in [4.78, 5) is 4.69. The second-order valence-electron chi connectivity index (χ2n) is 4.63. The number of alkyl halides is 1. The van der Waals surface area contributed by atoms with Crippen LogP contribution in [0.5, 0.6) is 5.75 Å². The first kappa shape index (κ1) is 14.4. The van der Waals surface area contributed by atoms with Crippen molar-refractivity contribution in [1.82, 2.24) is 9.55 Å². The molecule has 108 valence electrons. The summed E-state index contributed by atoms with van der Waals surface area (Å²) >= 11 is 9.39. The third-order valence-corrected chi connectivity index (χ3v) is 4.05. The van der Waals surface area contributed by atoms with Crippen LogP contribution in [0.15, 0.2) is 46.9 Å². The first-order valence-electron chi connectivity index (χ1n) is 6.60. The van der Waals surface area contributed by atoms with Crippen molar-refractivity contribution >= 4 is 38.6 Å². The van der Waals surface area contributed by atoms with E-state index in [0.717, 1.165) is 32.8 Å². The maximum Gasteiger partial charge on any atom is 0.121 e. The Kier molecular flexibility index (Phi) is 4.17. The highest BCUT2D eigenvalue weighted by Gasteiger charge is 2.13. The van der Waals surface area contributed by atoms with Gasteiger partial charge in [0.25, 0.3) is 0 Å². The molecule has 3 aromatic rings. The quantitative estimate of drug-likeness (QED) is 0.633. The van der Waals surface area contributed by atoms with Gasteiger partial charge in [-0.1, -0.05) is 15.9 Å². The van der Waals surface area contributed by atoms with Gasteiger partial charge in [0.05, 0.1) is 18.1 Å². The summed E-state index contributed by atoms with van der Waals surface area (Å²) in [6.07, 6.45) is 0.717. The Morgan fingerprint density at radius 2 is 1.95 bits per heavy atom. The van der Waals surface area contributed by atoms with Crippen molar-refractivity contribution in [3.05, 3.63) is 52.8 Å². The molecule has 0 aliphatic rings. The number of fused-ring (bicyclic) bond motifs is 1. The fourth-order valence-corrected chi connectivity index (χ4v) is 2.80. The molecule has 3 rings (SSSR count). The van der Waals surface area contributed by atoms with E-state index < -0.39 is 0 Å². The zero-order valence-corrected chi connectivity index (χ0v) is 13.9. The molecule has 0 spiro atoms. The number of aromatic nitrogens is 2. The Hall–Kier alpha value is -1.52. The molecule has 1 aromatic heterocycles. The minimum atomic E-state index is 0.539. The lowest BCUT2D eigenvalue weighted by Crippen LogP contribution is -2.02. The van der Waals surface area contributed by atoms with Crippen LogP contribution in [0.25, 0.3) is 16.7 Å². The van der Waals surface area contributed by atoms with Crippen molar-refractivity contribution in [2.24, 2.45) is 0 Å². The molecule has 0 N–H and O–H groups in total. The number of methoxy groups -OCH3 is 1. The van der Waals surface area contributed by atoms with E-state index in [4.69, 9.17) is 16.3 Å². The molecule has 0 aliphatic carbocycles. The Bertz CT molecular complexity index is 768. The van der Waals surface area contributed by atoms with Crippen molar-refractivity contribution in [3.8, 4) is 11.4 Å². The number of hydrogen-bond acceptors (Lipinski definition) is 2. The van der Waals surface area contributed by atoms with E-state index in [9.17, 15) is 0 Å². The van der Waals surface area contributed by atoms with Crippen LogP contribution < -0.4 is 4.74 Å². The largest absolute Gasteiger partial charge is 0.497 e. The Balaban J connectivity index is 2.25. The summed E-state index contributed by atoms with van der Waals surface area (Å²) in [5.74, 6) is 2.31. The van der Waals surface area contributed by atoms with Crippen LogP contribution in [0.2, 0.25) is 0 Å². The Morgan fingerprint density at radius 1 is 1.19 bits per heavy atom. The zero-order chi connectivity index (χ0) is 14.8. The maximum absolute atomic E-state index is 5.92. The number of ether oxygens (including phenoxy) is 1. The van der Waals surface area contributed by atoms with E-state index in [2.05, 4.69) is 37.6 Å². The Labute approximate surface area is 136 Å². The van der Waals surface area contributed by atoms with Gasteiger partial charge in [-0.3, -0.25) is 4.57 Å². The minimum absolute atomic E-state index is 0.539. The summed E-state index contributed by atoms with van der Waals surface area (Å²) < 4.78 is 8.51. The van der Waals surface area contributed by atoms with Crippen LogP contribution in [0.4, 0.5) is 0 Å². The lowest BCUT2D eigenvalue weighted by Gasteiger charge is -2.09. The van der Waals surface area contributed by atoms with Crippen molar-refractivity contribution in [3.63, 3.8) is 0 Å². The average molecular weight is 366 g/mol. The molecule has 2 aromatic carbocycles. The molecule has 0 amide bonds. The number of nitrogens with zero attached hydrogens (tertiary/aromatic N) is 2. The van der Waals surface area contributed by atoms with E-state index in [-0.39, 0.29) is 0 Å². The molecular weight excluding hydrogens is 352 g/mol. The highest BCUT2D eigenvalue weighted by molar-refractivity contribution is 9.10. The second kappa shape index (κ2) is 6.08. The minimum Gasteiger partial charge on any atom is -0.497 e. The number of halogens is 2. The molecule has 3 nitrogen and oxygen atoms in total. The molecule has 0 radical (unpaired) electrons. The van der Waals surface area contributed by atoms with Gasteiger partial charge in [0, 0.05) is 28.5 Å². The van der Waals surface area contributed by atoms with E-state index in [1.54, 1.807) is 7.11 Å². The van der Waals surface area contributed by atoms with Crippen molar-refractivity contribution in [2.45, 2.75) is 6.42 Å². The lowest BCUT2D eigenvalue weighted by atomic mass is 10.2. The van der Waals surface area contributed by atoms with Crippen molar-refractivity contribution in [1.29, 1.82) is 0 Å². The highest BCUT2D eigenvalue weighted by atomic mass is 79.9. The topological polar surface area (TPSA) is 27.1 Å². The number of imidazole rings is 1. The standard InChI is InChI=1S/C16H14BrClN2O/c1-21-13-6-7-14-15(10-13)20(16(19-14)8-9-18)12-4-2-11(17)3-5-12/h2-7,10H,8-9H2,1H3. The first-order chi connectivity index (χ1) is 10.2. The van der Waals surface area contributed by atoms with Gasteiger partial charge in [-0.05, 0) is 36.4 Å². The van der Waals surface area contributed by atoms with Gasteiger partial charge < -0.3 is 4.74 Å². The molecule has 0 bridgehead atoms. The van der Waals surface area contributed by atoms with Crippen LogP contribution in [0.3, 0.4) is 0 Å². The third-order valence-electron chi connectivity index (χ3n) is 3.33. The summed E-state index contributed by atoms with van der Waals surface area (Å²) in [5.41, 5.74) is 3.03. The summed E-state index contributed by atoms with van der Waals surface area (Å²) in [7, 11) is 1.67. The van der Waals surface area contributed by atoms with Gasteiger partial charge >= 0.3 is 0 Å². The Morgan fingerprint density at radius 3 is 2.62 bits per heavy atom. The maximum atomic E-state index is 5.92. The van der Waals surface area contributed by atoms with Crippen LogP contribution in [0, 0.1) is 0 Å². The number of benzene rings is 2. The molecule has 0 saturated heterocycles. The molecule has 0 atom stereocenters. The first-order valence-corrected chi connectivity index (χ1v) is 7.93. The summed E-state index contributed by atoms with van der Waals surface area (Å²) in [6.45, 7) is 0. The molecule has 0 unspecified atom stereocenters. The van der Waals surface area contributed by atoms with Gasteiger partial charge in [-0.15, -0.1) is 11.6 Å². The predicted molar refractivity (Wildman–Crippen MR) is 89.7 cm³/mol. The van der Waals surface area contributed by atoms with E-state index in [1.165, 1.54) is 0 Å².